The third-order valence-electron chi connectivity index (χ3n) is 3.00. The third kappa shape index (κ3) is 8.12. The van der Waals surface area contributed by atoms with Crippen molar-refractivity contribution in [2.45, 2.75) is 72.4 Å². The molecule has 0 saturated carbocycles. The van der Waals surface area contributed by atoms with Gasteiger partial charge in [-0.15, -0.1) is 0 Å². The second-order valence-corrected chi connectivity index (χ2v) is 5.14. The van der Waals surface area contributed by atoms with E-state index in [0.29, 0.717) is 6.04 Å². The maximum atomic E-state index is 3.49. The lowest BCUT2D eigenvalue weighted by Crippen LogP contribution is -2.35. The zero-order valence-corrected chi connectivity index (χ0v) is 12.1. The smallest absolute Gasteiger partial charge is 0.00673 e. The fourth-order valence-electron chi connectivity index (χ4n) is 2.10. The summed E-state index contributed by atoms with van der Waals surface area (Å²) >= 11 is 0. The Bertz CT molecular complexity index is 140. The SMILES string of the molecule is CCCN(CCC)C(C)CCCNC(C)C. The molecule has 0 rings (SSSR count). The highest BCUT2D eigenvalue weighted by Gasteiger charge is 2.11. The van der Waals surface area contributed by atoms with Gasteiger partial charge in [0.2, 0.25) is 0 Å². The van der Waals surface area contributed by atoms with Crippen LogP contribution in [0.1, 0.15) is 60.3 Å². The molecule has 16 heavy (non-hydrogen) atoms. The van der Waals surface area contributed by atoms with Crippen LogP contribution in [0.25, 0.3) is 0 Å². The second kappa shape index (κ2) is 10.1. The van der Waals surface area contributed by atoms with E-state index in [0.717, 1.165) is 12.6 Å². The van der Waals surface area contributed by atoms with E-state index < -0.39 is 0 Å². The molecule has 1 unspecified atom stereocenters. The fraction of sp³-hybridized carbons (Fsp3) is 1.00. The maximum Gasteiger partial charge on any atom is 0.00673 e. The highest BCUT2D eigenvalue weighted by atomic mass is 15.1. The molecule has 0 saturated heterocycles. The average molecular weight is 228 g/mol. The lowest BCUT2D eigenvalue weighted by atomic mass is 10.1. The highest BCUT2D eigenvalue weighted by molar-refractivity contribution is 4.67. The first-order valence-electron chi connectivity index (χ1n) is 7.09. The Morgan fingerprint density at radius 3 is 2.00 bits per heavy atom. The summed E-state index contributed by atoms with van der Waals surface area (Å²) in [4.78, 5) is 2.63. The van der Waals surface area contributed by atoms with Crippen LogP contribution >= 0.6 is 0 Å². The first kappa shape index (κ1) is 15.9. The molecule has 0 aliphatic rings. The Hall–Kier alpha value is -0.0800. The molecule has 0 heterocycles. The Labute approximate surface area is 103 Å². The van der Waals surface area contributed by atoms with Crippen molar-refractivity contribution >= 4 is 0 Å². The summed E-state index contributed by atoms with van der Waals surface area (Å²) in [6, 6.07) is 1.37. The van der Waals surface area contributed by atoms with E-state index >= 15 is 0 Å². The van der Waals surface area contributed by atoms with Gasteiger partial charge in [-0.1, -0.05) is 27.7 Å². The van der Waals surface area contributed by atoms with Gasteiger partial charge >= 0.3 is 0 Å². The van der Waals surface area contributed by atoms with E-state index in [1.165, 1.54) is 38.8 Å². The van der Waals surface area contributed by atoms with Gasteiger partial charge in [-0.25, -0.2) is 0 Å². The summed E-state index contributed by atoms with van der Waals surface area (Å²) in [5, 5.41) is 3.49. The quantitative estimate of drug-likeness (QED) is 0.577. The van der Waals surface area contributed by atoms with E-state index in [2.05, 4.69) is 44.8 Å². The molecule has 1 N–H and O–H groups in total. The van der Waals surface area contributed by atoms with E-state index in [1.54, 1.807) is 0 Å². The van der Waals surface area contributed by atoms with Crippen LogP contribution in [-0.2, 0) is 0 Å². The van der Waals surface area contributed by atoms with E-state index in [9.17, 15) is 0 Å². The first-order chi connectivity index (χ1) is 7.61. The lowest BCUT2D eigenvalue weighted by molar-refractivity contribution is 0.197. The van der Waals surface area contributed by atoms with Gasteiger partial charge < -0.3 is 10.2 Å². The molecule has 0 radical (unpaired) electrons. The molecule has 1 atom stereocenters. The Kier molecular flexibility index (Phi) is 10.0. The minimum atomic E-state index is 0.623. The van der Waals surface area contributed by atoms with Crippen LogP contribution < -0.4 is 5.32 Å². The number of nitrogens with one attached hydrogen (secondary N) is 1. The summed E-state index contributed by atoms with van der Waals surface area (Å²) in [6.07, 6.45) is 5.16. The van der Waals surface area contributed by atoms with Crippen molar-refractivity contribution in [3.8, 4) is 0 Å². The summed E-state index contributed by atoms with van der Waals surface area (Å²) in [7, 11) is 0. The van der Waals surface area contributed by atoms with Gasteiger partial charge in [0.25, 0.3) is 0 Å². The van der Waals surface area contributed by atoms with Gasteiger partial charge in [0.1, 0.15) is 0 Å². The molecule has 0 aliphatic carbocycles. The number of hydrogen-bond donors (Lipinski definition) is 1. The van der Waals surface area contributed by atoms with Crippen LogP contribution in [-0.4, -0.2) is 36.6 Å². The molecule has 0 aromatic rings. The monoisotopic (exact) mass is 228 g/mol. The number of hydrogen-bond acceptors (Lipinski definition) is 2. The summed E-state index contributed by atoms with van der Waals surface area (Å²) in [5.74, 6) is 0. The van der Waals surface area contributed by atoms with Crippen LogP contribution in [0.5, 0.6) is 0 Å². The zero-order chi connectivity index (χ0) is 12.4. The zero-order valence-electron chi connectivity index (χ0n) is 12.1. The molecule has 0 spiro atoms. The van der Waals surface area contributed by atoms with Crippen LogP contribution in [0.3, 0.4) is 0 Å². The van der Waals surface area contributed by atoms with Crippen LogP contribution in [0.4, 0.5) is 0 Å². The Morgan fingerprint density at radius 2 is 1.56 bits per heavy atom. The van der Waals surface area contributed by atoms with Crippen LogP contribution in [0, 0.1) is 0 Å². The van der Waals surface area contributed by atoms with Gasteiger partial charge in [0.15, 0.2) is 0 Å². The van der Waals surface area contributed by atoms with Crippen LogP contribution in [0.2, 0.25) is 0 Å². The topological polar surface area (TPSA) is 15.3 Å². The van der Waals surface area contributed by atoms with Crippen molar-refractivity contribution in [3.63, 3.8) is 0 Å². The van der Waals surface area contributed by atoms with Crippen molar-refractivity contribution in [2.24, 2.45) is 0 Å². The van der Waals surface area contributed by atoms with Crippen LogP contribution in [0.15, 0.2) is 0 Å². The van der Waals surface area contributed by atoms with Crippen molar-refractivity contribution in [2.75, 3.05) is 19.6 Å². The van der Waals surface area contributed by atoms with Gasteiger partial charge in [-0.05, 0) is 52.2 Å². The van der Waals surface area contributed by atoms with Crippen molar-refractivity contribution in [1.29, 1.82) is 0 Å². The van der Waals surface area contributed by atoms with E-state index in [4.69, 9.17) is 0 Å². The highest BCUT2D eigenvalue weighted by Crippen LogP contribution is 2.08. The van der Waals surface area contributed by atoms with Crippen molar-refractivity contribution in [3.05, 3.63) is 0 Å². The molecular weight excluding hydrogens is 196 g/mol. The van der Waals surface area contributed by atoms with E-state index in [-0.39, 0.29) is 0 Å². The van der Waals surface area contributed by atoms with Crippen molar-refractivity contribution in [1.82, 2.24) is 10.2 Å². The molecule has 0 aliphatic heterocycles. The molecule has 0 amide bonds. The summed E-state index contributed by atoms with van der Waals surface area (Å²) in [5.41, 5.74) is 0. The van der Waals surface area contributed by atoms with Gasteiger partial charge in [-0.3, -0.25) is 0 Å². The second-order valence-electron chi connectivity index (χ2n) is 5.14. The largest absolute Gasteiger partial charge is 0.315 e. The molecule has 2 heteroatoms. The predicted octanol–water partition coefficient (Wildman–Crippen LogP) is 3.28. The number of nitrogens with zero attached hydrogens (tertiary/aromatic N) is 1. The number of rotatable bonds is 10. The fourth-order valence-corrected chi connectivity index (χ4v) is 2.10. The molecular formula is C14H32N2. The lowest BCUT2D eigenvalue weighted by Gasteiger charge is -2.28. The van der Waals surface area contributed by atoms with Gasteiger partial charge in [-0.2, -0.15) is 0 Å². The van der Waals surface area contributed by atoms with Gasteiger partial charge in [0, 0.05) is 12.1 Å². The summed E-state index contributed by atoms with van der Waals surface area (Å²) in [6.45, 7) is 15.0. The third-order valence-corrected chi connectivity index (χ3v) is 3.00. The maximum absolute atomic E-state index is 3.49. The normalized spacial score (nSPS) is 13.7. The molecule has 0 aromatic carbocycles. The van der Waals surface area contributed by atoms with E-state index in [1.807, 2.05) is 0 Å². The molecule has 0 bridgehead atoms. The minimum Gasteiger partial charge on any atom is -0.315 e. The molecule has 2 nitrogen and oxygen atoms in total. The predicted molar refractivity (Wildman–Crippen MR) is 74.0 cm³/mol. The Balaban J connectivity index is 3.68. The average Bonchev–Trinajstić information content (AvgIpc) is 2.23. The first-order valence-corrected chi connectivity index (χ1v) is 7.09. The minimum absolute atomic E-state index is 0.623. The molecule has 0 fully saturated rings. The van der Waals surface area contributed by atoms with Gasteiger partial charge in [0.05, 0.1) is 0 Å². The Morgan fingerprint density at radius 1 is 1.00 bits per heavy atom. The summed E-state index contributed by atoms with van der Waals surface area (Å²) < 4.78 is 0. The van der Waals surface area contributed by atoms with Crippen molar-refractivity contribution < 1.29 is 0 Å². The standard InChI is InChI=1S/C14H32N2/c1-6-11-16(12-7-2)14(5)9-8-10-15-13(3)4/h13-15H,6-12H2,1-5H3. The molecule has 0 aromatic heterocycles. The molecule has 98 valence electrons.